The van der Waals surface area contributed by atoms with Crippen LogP contribution in [0.4, 0.5) is 8.78 Å². The van der Waals surface area contributed by atoms with Crippen LogP contribution in [0, 0.1) is 5.92 Å². The molecule has 1 rings (SSSR count). The molecule has 3 N–H and O–H groups in total. The lowest BCUT2D eigenvalue weighted by Gasteiger charge is -2.38. The lowest BCUT2D eigenvalue weighted by atomic mass is 9.78. The highest BCUT2D eigenvalue weighted by Gasteiger charge is 2.39. The summed E-state index contributed by atoms with van der Waals surface area (Å²) in [6.45, 7) is 2.12. The first kappa shape index (κ1) is 13.8. The summed E-state index contributed by atoms with van der Waals surface area (Å²) in [4.78, 5) is 0. The lowest BCUT2D eigenvalue weighted by molar-refractivity contribution is 0.206. The molecule has 16 heavy (non-hydrogen) atoms. The Bertz CT molecular complexity index is 324. The van der Waals surface area contributed by atoms with Crippen LogP contribution in [0.3, 0.4) is 0 Å². The van der Waals surface area contributed by atoms with E-state index in [1.54, 1.807) is 0 Å². The number of hydrogen-bond acceptors (Lipinski definition) is 3. The van der Waals surface area contributed by atoms with E-state index in [-0.39, 0.29) is 6.54 Å². The minimum atomic E-state index is -4.55. The van der Waals surface area contributed by atoms with Crippen LogP contribution in [-0.2, 0) is 10.0 Å². The van der Waals surface area contributed by atoms with Crippen LogP contribution in [0.15, 0.2) is 0 Å². The second-order valence-corrected chi connectivity index (χ2v) is 6.23. The van der Waals surface area contributed by atoms with E-state index in [4.69, 9.17) is 5.73 Å². The van der Waals surface area contributed by atoms with E-state index in [2.05, 4.69) is 11.6 Å². The molecule has 1 aliphatic carbocycles. The molecular formula is C9H18F2N2O2S. The third-order valence-electron chi connectivity index (χ3n) is 3.22. The van der Waals surface area contributed by atoms with Gasteiger partial charge >= 0.3 is 5.76 Å². The molecule has 0 spiro atoms. The summed E-state index contributed by atoms with van der Waals surface area (Å²) >= 11 is 0. The Balaban J connectivity index is 2.76. The van der Waals surface area contributed by atoms with Crippen molar-refractivity contribution in [2.75, 3.05) is 6.54 Å². The number of alkyl halides is 2. The van der Waals surface area contributed by atoms with Crippen LogP contribution in [0.1, 0.15) is 32.6 Å². The first-order valence-corrected chi connectivity index (χ1v) is 6.87. The predicted octanol–water partition coefficient (Wildman–Crippen LogP) is 1.04. The second-order valence-electron chi connectivity index (χ2n) is 4.57. The maximum atomic E-state index is 12.3. The molecule has 7 heteroatoms. The topological polar surface area (TPSA) is 72.2 Å². The van der Waals surface area contributed by atoms with Gasteiger partial charge in [0.05, 0.1) is 0 Å². The number of halogens is 2. The van der Waals surface area contributed by atoms with Crippen LogP contribution in [0.25, 0.3) is 0 Å². The van der Waals surface area contributed by atoms with Gasteiger partial charge in [-0.1, -0.05) is 6.92 Å². The van der Waals surface area contributed by atoms with E-state index < -0.39 is 21.3 Å². The number of hydrogen-bond donors (Lipinski definition) is 2. The number of nitrogens with one attached hydrogen (secondary N) is 1. The molecule has 0 radical (unpaired) electrons. The van der Waals surface area contributed by atoms with Crippen molar-refractivity contribution < 1.29 is 17.2 Å². The van der Waals surface area contributed by atoms with Crippen LogP contribution in [0.2, 0.25) is 0 Å². The van der Waals surface area contributed by atoms with Gasteiger partial charge in [0.1, 0.15) is 0 Å². The summed E-state index contributed by atoms with van der Waals surface area (Å²) in [6.07, 6.45) is 2.67. The molecular weight excluding hydrogens is 238 g/mol. The van der Waals surface area contributed by atoms with E-state index in [0.717, 1.165) is 12.8 Å². The maximum absolute atomic E-state index is 12.3. The molecule has 0 heterocycles. The summed E-state index contributed by atoms with van der Waals surface area (Å²) in [5, 5.41) is 0. The van der Waals surface area contributed by atoms with E-state index >= 15 is 0 Å². The van der Waals surface area contributed by atoms with Gasteiger partial charge in [-0.2, -0.15) is 8.78 Å². The summed E-state index contributed by atoms with van der Waals surface area (Å²) < 4.78 is 48.8. The molecule has 1 aliphatic rings. The SMILES string of the molecule is CC1CCC(CN)(NS(=O)(=O)C(F)F)CC1. The smallest absolute Gasteiger partial charge is 0.329 e. The third-order valence-corrected chi connectivity index (χ3v) is 4.40. The van der Waals surface area contributed by atoms with Gasteiger partial charge in [0.2, 0.25) is 0 Å². The van der Waals surface area contributed by atoms with E-state index in [9.17, 15) is 17.2 Å². The van der Waals surface area contributed by atoms with Gasteiger partial charge < -0.3 is 5.73 Å². The van der Waals surface area contributed by atoms with E-state index in [0.29, 0.717) is 18.8 Å². The third kappa shape index (κ3) is 3.11. The summed E-state index contributed by atoms with van der Waals surface area (Å²) in [5.41, 5.74) is 4.65. The summed E-state index contributed by atoms with van der Waals surface area (Å²) in [6, 6.07) is 0. The predicted molar refractivity (Wildman–Crippen MR) is 57.5 cm³/mol. The van der Waals surface area contributed by atoms with E-state index in [1.807, 2.05) is 0 Å². The monoisotopic (exact) mass is 256 g/mol. The van der Waals surface area contributed by atoms with Crippen molar-refractivity contribution in [1.29, 1.82) is 0 Å². The summed E-state index contributed by atoms with van der Waals surface area (Å²) in [7, 11) is -4.55. The average Bonchev–Trinajstić information content (AvgIpc) is 2.21. The van der Waals surface area contributed by atoms with Gasteiger partial charge in [-0.25, -0.2) is 13.1 Å². The number of nitrogens with two attached hydrogens (primary N) is 1. The zero-order chi connectivity index (χ0) is 12.4. The Hall–Kier alpha value is -0.270. The first-order valence-electron chi connectivity index (χ1n) is 5.32. The molecule has 96 valence electrons. The highest BCUT2D eigenvalue weighted by Crippen LogP contribution is 2.32. The second kappa shape index (κ2) is 4.93. The molecule has 0 atom stereocenters. The zero-order valence-corrected chi connectivity index (χ0v) is 10.1. The molecule has 1 fully saturated rings. The molecule has 4 nitrogen and oxygen atoms in total. The highest BCUT2D eigenvalue weighted by molar-refractivity contribution is 7.89. The van der Waals surface area contributed by atoms with Crippen molar-refractivity contribution in [3.05, 3.63) is 0 Å². The lowest BCUT2D eigenvalue weighted by Crippen LogP contribution is -2.56. The van der Waals surface area contributed by atoms with Crippen molar-refractivity contribution in [2.45, 2.75) is 43.9 Å². The van der Waals surface area contributed by atoms with Crippen LogP contribution < -0.4 is 10.5 Å². The van der Waals surface area contributed by atoms with Crippen LogP contribution in [0.5, 0.6) is 0 Å². The standard InChI is InChI=1S/C9H18F2N2O2S/c1-7-2-4-9(6-12,5-3-7)13-16(14,15)8(10)11/h7-8,13H,2-6,12H2,1H3. The normalized spacial score (nSPS) is 31.9. The molecule has 0 aliphatic heterocycles. The van der Waals surface area contributed by atoms with Gasteiger partial charge in [0.15, 0.2) is 0 Å². The molecule has 1 saturated carbocycles. The van der Waals surface area contributed by atoms with Gasteiger partial charge in [-0.3, -0.25) is 0 Å². The molecule has 0 amide bonds. The Kier molecular flexibility index (Phi) is 4.25. The largest absolute Gasteiger partial charge is 0.350 e. The first-order chi connectivity index (χ1) is 7.31. The van der Waals surface area contributed by atoms with Gasteiger partial charge in [0, 0.05) is 12.1 Å². The van der Waals surface area contributed by atoms with Crippen LogP contribution >= 0.6 is 0 Å². The quantitative estimate of drug-likeness (QED) is 0.789. The molecule has 0 aromatic carbocycles. The minimum absolute atomic E-state index is 0.0612. The van der Waals surface area contributed by atoms with Crippen molar-refractivity contribution >= 4 is 10.0 Å². The van der Waals surface area contributed by atoms with Crippen molar-refractivity contribution in [3.63, 3.8) is 0 Å². The Morgan fingerprint density at radius 2 is 1.94 bits per heavy atom. The van der Waals surface area contributed by atoms with Gasteiger partial charge in [-0.05, 0) is 31.6 Å². The molecule has 0 saturated heterocycles. The highest BCUT2D eigenvalue weighted by atomic mass is 32.2. The fraction of sp³-hybridized carbons (Fsp3) is 1.00. The molecule has 0 unspecified atom stereocenters. The molecule has 0 aromatic heterocycles. The van der Waals surface area contributed by atoms with Crippen LogP contribution in [-0.4, -0.2) is 26.3 Å². The number of sulfonamides is 1. The zero-order valence-electron chi connectivity index (χ0n) is 9.25. The van der Waals surface area contributed by atoms with Crippen molar-refractivity contribution in [2.24, 2.45) is 11.7 Å². The number of rotatable bonds is 4. The minimum Gasteiger partial charge on any atom is -0.329 e. The molecule has 0 aromatic rings. The maximum Gasteiger partial charge on any atom is 0.350 e. The van der Waals surface area contributed by atoms with Crippen molar-refractivity contribution in [3.8, 4) is 0 Å². The summed E-state index contributed by atoms with van der Waals surface area (Å²) in [5.74, 6) is -2.90. The fourth-order valence-electron chi connectivity index (χ4n) is 2.01. The average molecular weight is 256 g/mol. The molecule has 0 bridgehead atoms. The fourth-order valence-corrected chi connectivity index (χ4v) is 2.99. The van der Waals surface area contributed by atoms with Gasteiger partial charge in [0.25, 0.3) is 10.0 Å². The Morgan fingerprint density at radius 3 is 2.31 bits per heavy atom. The van der Waals surface area contributed by atoms with Gasteiger partial charge in [-0.15, -0.1) is 0 Å². The van der Waals surface area contributed by atoms with Crippen molar-refractivity contribution in [1.82, 2.24) is 4.72 Å². The Morgan fingerprint density at radius 1 is 1.44 bits per heavy atom. The Labute approximate surface area is 94.6 Å². The van der Waals surface area contributed by atoms with E-state index in [1.165, 1.54) is 0 Å².